The van der Waals surface area contributed by atoms with E-state index in [-0.39, 0.29) is 5.54 Å². The first kappa shape index (κ1) is 13.7. The molecule has 1 aromatic heterocycles. The van der Waals surface area contributed by atoms with E-state index in [1.54, 1.807) is 0 Å². The lowest BCUT2D eigenvalue weighted by atomic mass is 9.94. The quantitative estimate of drug-likeness (QED) is 0.865. The molecule has 0 bridgehead atoms. The molecule has 0 saturated heterocycles. The fourth-order valence-corrected chi connectivity index (χ4v) is 2.14. The molecule has 19 heavy (non-hydrogen) atoms. The van der Waals surface area contributed by atoms with Crippen molar-refractivity contribution in [1.29, 1.82) is 0 Å². The first-order valence-corrected chi connectivity index (χ1v) is 6.79. The molecule has 1 atom stereocenters. The molecule has 0 spiro atoms. The van der Waals surface area contributed by atoms with Gasteiger partial charge >= 0.3 is 0 Å². The van der Waals surface area contributed by atoms with Crippen LogP contribution in [0.1, 0.15) is 32.4 Å². The maximum absolute atomic E-state index is 5.70. The second-order valence-electron chi connectivity index (χ2n) is 5.22. The molecule has 4 heteroatoms. The number of fused-ring (bicyclic) bond motifs is 1. The van der Waals surface area contributed by atoms with Crippen molar-refractivity contribution >= 4 is 16.9 Å². The van der Waals surface area contributed by atoms with E-state index in [1.165, 1.54) is 0 Å². The number of nitrogens with zero attached hydrogens (tertiary/aromatic N) is 2. The molecule has 0 aliphatic rings. The first-order chi connectivity index (χ1) is 9.08. The van der Waals surface area contributed by atoms with Crippen molar-refractivity contribution in [1.82, 2.24) is 9.97 Å². The summed E-state index contributed by atoms with van der Waals surface area (Å²) in [6.45, 7) is 6.99. The van der Waals surface area contributed by atoms with Crippen LogP contribution in [0.25, 0.3) is 11.0 Å². The third-order valence-corrected chi connectivity index (χ3v) is 3.64. The Bertz CT molecular complexity index is 567. The van der Waals surface area contributed by atoms with Crippen LogP contribution in [-0.2, 0) is 0 Å². The molecule has 2 rings (SSSR count). The Morgan fingerprint density at radius 2 is 1.84 bits per heavy atom. The second-order valence-corrected chi connectivity index (χ2v) is 5.22. The van der Waals surface area contributed by atoms with E-state index in [9.17, 15) is 0 Å². The normalized spacial score (nSPS) is 14.3. The predicted molar refractivity (Wildman–Crippen MR) is 80.3 cm³/mol. The largest absolute Gasteiger partial charge is 0.363 e. The number of para-hydroxylation sites is 2. The van der Waals surface area contributed by atoms with E-state index in [1.807, 2.05) is 31.2 Å². The molecule has 4 nitrogen and oxygen atoms in total. The maximum Gasteiger partial charge on any atom is 0.148 e. The van der Waals surface area contributed by atoms with Crippen LogP contribution in [0.15, 0.2) is 24.3 Å². The van der Waals surface area contributed by atoms with Crippen LogP contribution in [0.2, 0.25) is 0 Å². The van der Waals surface area contributed by atoms with E-state index in [4.69, 9.17) is 5.73 Å². The highest BCUT2D eigenvalue weighted by molar-refractivity contribution is 5.76. The molecule has 102 valence electrons. The topological polar surface area (TPSA) is 63.8 Å². The van der Waals surface area contributed by atoms with Crippen LogP contribution < -0.4 is 11.1 Å². The van der Waals surface area contributed by atoms with Gasteiger partial charge in [0.2, 0.25) is 0 Å². The van der Waals surface area contributed by atoms with Crippen molar-refractivity contribution in [2.75, 3.05) is 11.9 Å². The maximum atomic E-state index is 5.70. The summed E-state index contributed by atoms with van der Waals surface area (Å²) in [5.74, 6) is 0.858. The monoisotopic (exact) mass is 258 g/mol. The Morgan fingerprint density at radius 3 is 2.42 bits per heavy atom. The number of hydrogen-bond acceptors (Lipinski definition) is 4. The Morgan fingerprint density at radius 1 is 1.21 bits per heavy atom. The van der Waals surface area contributed by atoms with Crippen molar-refractivity contribution < 1.29 is 0 Å². The van der Waals surface area contributed by atoms with Crippen molar-refractivity contribution in [3.8, 4) is 0 Å². The molecule has 1 unspecified atom stereocenters. The van der Waals surface area contributed by atoms with Gasteiger partial charge in [0.25, 0.3) is 0 Å². The molecular weight excluding hydrogens is 236 g/mol. The highest BCUT2D eigenvalue weighted by atomic mass is 15.1. The predicted octanol–water partition coefficient (Wildman–Crippen LogP) is 2.87. The Labute approximate surface area is 114 Å². The molecule has 0 saturated carbocycles. The van der Waals surface area contributed by atoms with E-state index >= 15 is 0 Å². The Kier molecular flexibility index (Phi) is 4.00. The van der Waals surface area contributed by atoms with Gasteiger partial charge in [-0.3, -0.25) is 0 Å². The minimum Gasteiger partial charge on any atom is -0.363 e. The van der Waals surface area contributed by atoms with Crippen LogP contribution in [0.3, 0.4) is 0 Å². The standard InChI is InChI=1S/C15H22N4/c1-4-15(3,9-10-16)19-14-11(2)17-12-7-5-6-8-13(12)18-14/h5-8H,4,9-10,16H2,1-3H3,(H,18,19). The zero-order chi connectivity index (χ0) is 13.9. The minimum atomic E-state index is -0.0311. The molecule has 1 aromatic carbocycles. The third kappa shape index (κ3) is 3.01. The summed E-state index contributed by atoms with van der Waals surface area (Å²) in [6.07, 6.45) is 1.91. The number of anilines is 1. The van der Waals surface area contributed by atoms with Gasteiger partial charge in [-0.05, 0) is 45.4 Å². The molecule has 0 aliphatic carbocycles. The average Bonchev–Trinajstić information content (AvgIpc) is 2.40. The van der Waals surface area contributed by atoms with E-state index < -0.39 is 0 Å². The number of benzene rings is 1. The van der Waals surface area contributed by atoms with Gasteiger partial charge in [0.1, 0.15) is 5.82 Å². The van der Waals surface area contributed by atoms with Crippen LogP contribution in [0, 0.1) is 6.92 Å². The summed E-state index contributed by atoms with van der Waals surface area (Å²) >= 11 is 0. The van der Waals surface area contributed by atoms with Crippen LogP contribution in [0.5, 0.6) is 0 Å². The summed E-state index contributed by atoms with van der Waals surface area (Å²) in [5, 5.41) is 3.51. The van der Waals surface area contributed by atoms with Gasteiger partial charge < -0.3 is 11.1 Å². The van der Waals surface area contributed by atoms with Crippen molar-refractivity contribution in [3.05, 3.63) is 30.0 Å². The third-order valence-electron chi connectivity index (χ3n) is 3.64. The molecule has 3 N–H and O–H groups in total. The van der Waals surface area contributed by atoms with Gasteiger partial charge in [-0.1, -0.05) is 19.1 Å². The molecule has 0 amide bonds. The Balaban J connectivity index is 2.36. The zero-order valence-electron chi connectivity index (χ0n) is 11.9. The number of hydrogen-bond donors (Lipinski definition) is 2. The van der Waals surface area contributed by atoms with E-state index in [2.05, 4.69) is 29.1 Å². The zero-order valence-corrected chi connectivity index (χ0v) is 11.9. The van der Waals surface area contributed by atoms with E-state index in [0.717, 1.165) is 35.4 Å². The fraction of sp³-hybridized carbons (Fsp3) is 0.467. The van der Waals surface area contributed by atoms with Gasteiger partial charge in [0.05, 0.1) is 16.7 Å². The first-order valence-electron chi connectivity index (χ1n) is 6.79. The molecular formula is C15H22N4. The van der Waals surface area contributed by atoms with Crippen molar-refractivity contribution in [3.63, 3.8) is 0 Å². The molecule has 0 fully saturated rings. The van der Waals surface area contributed by atoms with Crippen LogP contribution in [-0.4, -0.2) is 22.1 Å². The Hall–Kier alpha value is -1.68. The lowest BCUT2D eigenvalue weighted by Crippen LogP contribution is -2.37. The van der Waals surface area contributed by atoms with Gasteiger partial charge in [-0.25, -0.2) is 9.97 Å². The van der Waals surface area contributed by atoms with Crippen molar-refractivity contribution in [2.45, 2.75) is 39.2 Å². The summed E-state index contributed by atoms with van der Waals surface area (Å²) in [4.78, 5) is 9.27. The van der Waals surface area contributed by atoms with Crippen LogP contribution in [0.4, 0.5) is 5.82 Å². The number of nitrogens with two attached hydrogens (primary N) is 1. The highest BCUT2D eigenvalue weighted by Crippen LogP contribution is 2.23. The summed E-state index contributed by atoms with van der Waals surface area (Å²) in [5.41, 5.74) is 8.44. The average molecular weight is 258 g/mol. The summed E-state index contributed by atoms with van der Waals surface area (Å²) in [6, 6.07) is 7.93. The van der Waals surface area contributed by atoms with Gasteiger partial charge in [0.15, 0.2) is 0 Å². The lowest BCUT2D eigenvalue weighted by molar-refractivity contribution is 0.461. The van der Waals surface area contributed by atoms with E-state index in [0.29, 0.717) is 6.54 Å². The summed E-state index contributed by atoms with van der Waals surface area (Å²) in [7, 11) is 0. The number of aromatic nitrogens is 2. The SMILES string of the molecule is CCC(C)(CCN)Nc1nc2ccccc2nc1C. The second kappa shape index (κ2) is 5.53. The van der Waals surface area contributed by atoms with Gasteiger partial charge in [-0.2, -0.15) is 0 Å². The van der Waals surface area contributed by atoms with Crippen LogP contribution >= 0.6 is 0 Å². The highest BCUT2D eigenvalue weighted by Gasteiger charge is 2.22. The van der Waals surface area contributed by atoms with Gasteiger partial charge in [-0.15, -0.1) is 0 Å². The van der Waals surface area contributed by atoms with Gasteiger partial charge in [0, 0.05) is 5.54 Å². The molecule has 0 radical (unpaired) electrons. The lowest BCUT2D eigenvalue weighted by Gasteiger charge is -2.30. The molecule has 1 heterocycles. The minimum absolute atomic E-state index is 0.0311. The smallest absolute Gasteiger partial charge is 0.148 e. The fourth-order valence-electron chi connectivity index (χ4n) is 2.14. The van der Waals surface area contributed by atoms with Crippen molar-refractivity contribution in [2.24, 2.45) is 5.73 Å². The molecule has 2 aromatic rings. The number of aryl methyl sites for hydroxylation is 1. The number of rotatable bonds is 5. The summed E-state index contributed by atoms with van der Waals surface area (Å²) < 4.78 is 0. The number of nitrogens with one attached hydrogen (secondary N) is 1. The molecule has 0 aliphatic heterocycles.